The van der Waals surface area contributed by atoms with Crippen molar-refractivity contribution >= 4 is 30.6 Å². The summed E-state index contributed by atoms with van der Waals surface area (Å²) in [5.41, 5.74) is 10.8. The van der Waals surface area contributed by atoms with E-state index in [1.54, 1.807) is 13.8 Å². The Labute approximate surface area is 104 Å². The van der Waals surface area contributed by atoms with Crippen LogP contribution < -0.4 is 17.1 Å². The van der Waals surface area contributed by atoms with Crippen LogP contribution in [-0.4, -0.2) is 18.2 Å². The minimum absolute atomic E-state index is 0.187. The SMILES string of the molecule is CC(N)CC(C)C(=O)O[P+](N)(Cl)OC(=O)ON. The van der Waals surface area contributed by atoms with Gasteiger partial charge < -0.3 is 10.6 Å². The van der Waals surface area contributed by atoms with Gasteiger partial charge >= 0.3 is 19.3 Å². The molecule has 3 unspecified atom stereocenters. The lowest BCUT2D eigenvalue weighted by atomic mass is 10.0. The van der Waals surface area contributed by atoms with E-state index >= 15 is 0 Å². The highest BCUT2D eigenvalue weighted by molar-refractivity contribution is 7.90. The molecule has 10 heteroatoms. The molecule has 3 atom stereocenters. The average Bonchev–Trinajstić information content (AvgIpc) is 2.14. The Morgan fingerprint density at radius 1 is 1.35 bits per heavy atom. The first-order valence-electron chi connectivity index (χ1n) is 4.64. The maximum atomic E-state index is 11.5. The Balaban J connectivity index is 4.30. The molecular weight excluding hydrogens is 273 g/mol. The average molecular weight is 289 g/mol. The lowest BCUT2D eigenvalue weighted by Crippen LogP contribution is -2.26. The zero-order valence-corrected chi connectivity index (χ0v) is 11.1. The second-order valence-electron chi connectivity index (χ2n) is 3.50. The first-order chi connectivity index (χ1) is 7.68. The summed E-state index contributed by atoms with van der Waals surface area (Å²) in [6.45, 7) is 3.32. The van der Waals surface area contributed by atoms with Crippen molar-refractivity contribution in [1.29, 1.82) is 0 Å². The van der Waals surface area contributed by atoms with Crippen LogP contribution in [0.2, 0.25) is 0 Å². The minimum Gasteiger partial charge on any atom is -0.338 e. The zero-order valence-electron chi connectivity index (χ0n) is 9.46. The van der Waals surface area contributed by atoms with Crippen LogP contribution in [0.3, 0.4) is 0 Å². The van der Waals surface area contributed by atoms with Crippen LogP contribution in [0.4, 0.5) is 4.79 Å². The third-order valence-corrected chi connectivity index (χ3v) is 2.88. The molecule has 8 nitrogen and oxygen atoms in total. The zero-order chi connectivity index (χ0) is 13.6. The molecule has 0 aromatic rings. The van der Waals surface area contributed by atoms with Gasteiger partial charge in [0.05, 0.1) is 5.92 Å². The topological polar surface area (TPSA) is 140 Å². The van der Waals surface area contributed by atoms with E-state index in [0.717, 1.165) is 0 Å². The molecule has 6 N–H and O–H groups in total. The van der Waals surface area contributed by atoms with Gasteiger partial charge in [0.2, 0.25) is 0 Å². The molecule has 0 saturated heterocycles. The third-order valence-electron chi connectivity index (χ3n) is 1.64. The van der Waals surface area contributed by atoms with Gasteiger partial charge in [-0.2, -0.15) is 15.2 Å². The van der Waals surface area contributed by atoms with Crippen molar-refractivity contribution < 1.29 is 23.5 Å². The second kappa shape index (κ2) is 6.93. The van der Waals surface area contributed by atoms with Crippen LogP contribution in [0.1, 0.15) is 20.3 Å². The van der Waals surface area contributed by atoms with Gasteiger partial charge in [0.1, 0.15) is 0 Å². The molecule has 0 saturated carbocycles. The summed E-state index contributed by atoms with van der Waals surface area (Å²) in [6.07, 6.45) is -0.944. The number of rotatable bonds is 5. The van der Waals surface area contributed by atoms with Crippen molar-refractivity contribution in [2.24, 2.45) is 23.1 Å². The first kappa shape index (κ1) is 16.3. The Kier molecular flexibility index (Phi) is 6.66. The quantitative estimate of drug-likeness (QED) is 0.498. The van der Waals surface area contributed by atoms with Crippen LogP contribution in [0.5, 0.6) is 0 Å². The van der Waals surface area contributed by atoms with E-state index in [9.17, 15) is 9.59 Å². The fraction of sp³-hybridized carbons (Fsp3) is 0.714. The molecule has 0 aliphatic heterocycles. The molecule has 0 radical (unpaired) electrons. The van der Waals surface area contributed by atoms with Gasteiger partial charge in [0, 0.05) is 6.04 Å². The van der Waals surface area contributed by atoms with Crippen molar-refractivity contribution in [3.05, 3.63) is 0 Å². The molecule has 0 aromatic heterocycles. The highest BCUT2D eigenvalue weighted by Gasteiger charge is 2.46. The van der Waals surface area contributed by atoms with Gasteiger partial charge in [0.25, 0.3) is 0 Å². The van der Waals surface area contributed by atoms with Crippen molar-refractivity contribution in [1.82, 2.24) is 0 Å². The summed E-state index contributed by atoms with van der Waals surface area (Å²) in [4.78, 5) is 25.8. The van der Waals surface area contributed by atoms with Crippen molar-refractivity contribution in [2.75, 3.05) is 0 Å². The molecule has 0 aliphatic rings. The number of carbonyl (C=O) groups is 2. The highest BCUT2D eigenvalue weighted by Crippen LogP contribution is 2.59. The highest BCUT2D eigenvalue weighted by atomic mass is 35.7. The smallest absolute Gasteiger partial charge is 0.338 e. The molecule has 17 heavy (non-hydrogen) atoms. The predicted octanol–water partition coefficient (Wildman–Crippen LogP) is 0.805. The minimum atomic E-state index is -3.64. The van der Waals surface area contributed by atoms with Crippen LogP contribution in [0.25, 0.3) is 0 Å². The van der Waals surface area contributed by atoms with Gasteiger partial charge in [-0.3, -0.25) is 0 Å². The monoisotopic (exact) mass is 288 g/mol. The summed E-state index contributed by atoms with van der Waals surface area (Å²) in [5.74, 6) is 3.28. The molecule has 0 heterocycles. The molecule has 0 rings (SSSR count). The van der Waals surface area contributed by atoms with Gasteiger partial charge in [-0.1, -0.05) is 6.92 Å². The lowest BCUT2D eigenvalue weighted by Gasteiger charge is -2.13. The fourth-order valence-corrected chi connectivity index (χ4v) is 2.09. The molecule has 0 bridgehead atoms. The van der Waals surface area contributed by atoms with Gasteiger partial charge in [0.15, 0.2) is 11.2 Å². The Hall–Kier alpha value is -0.660. The Morgan fingerprint density at radius 3 is 2.29 bits per heavy atom. The van der Waals surface area contributed by atoms with E-state index in [0.29, 0.717) is 6.42 Å². The van der Waals surface area contributed by atoms with Crippen LogP contribution >= 0.6 is 18.5 Å². The summed E-state index contributed by atoms with van der Waals surface area (Å²) in [7, 11) is -3.64. The van der Waals surface area contributed by atoms with Crippen LogP contribution in [0, 0.1) is 5.92 Å². The van der Waals surface area contributed by atoms with Crippen molar-refractivity contribution in [3.63, 3.8) is 0 Å². The first-order valence-corrected chi connectivity index (χ1v) is 7.24. The molecule has 0 aliphatic carbocycles. The molecule has 0 amide bonds. The third kappa shape index (κ3) is 7.30. The number of carbonyl (C=O) groups excluding carboxylic acids is 2. The van der Waals surface area contributed by atoms with E-state index in [-0.39, 0.29) is 6.04 Å². The number of nitrogens with two attached hydrogens (primary N) is 3. The van der Waals surface area contributed by atoms with Gasteiger partial charge in [-0.05, 0) is 13.3 Å². The lowest BCUT2D eigenvalue weighted by molar-refractivity contribution is -0.138. The Morgan fingerprint density at radius 2 is 1.88 bits per heavy atom. The van der Waals surface area contributed by atoms with E-state index < -0.39 is 25.3 Å². The second-order valence-corrected chi connectivity index (χ2v) is 6.33. The van der Waals surface area contributed by atoms with E-state index in [1.165, 1.54) is 0 Å². The molecule has 100 valence electrons. The Bertz CT molecular complexity index is 289. The summed E-state index contributed by atoms with van der Waals surface area (Å²) < 4.78 is 8.96. The molecule has 0 spiro atoms. The standard InChI is InChI=1S/C7H16ClN3O5P/c1-4(3-5(2)9)6(12)15-17(8,11)16-7(13)14-10/h4-5H,3,9-11H2,1-2H3/q+1. The maximum Gasteiger partial charge on any atom is 0.572 e. The van der Waals surface area contributed by atoms with Gasteiger partial charge in [-0.15, -0.1) is 5.50 Å². The summed E-state index contributed by atoms with van der Waals surface area (Å²) in [6, 6.07) is -0.187. The predicted molar refractivity (Wildman–Crippen MR) is 62.2 cm³/mol. The maximum absolute atomic E-state index is 11.5. The number of hydrogen-bond acceptors (Lipinski definition) is 8. The molecular formula is C7H16ClN3O5P+. The number of halogens is 1. The van der Waals surface area contributed by atoms with Crippen LogP contribution in [0.15, 0.2) is 0 Å². The summed E-state index contributed by atoms with van der Waals surface area (Å²) in [5, 5.41) is 0. The molecule has 0 aromatic carbocycles. The van der Waals surface area contributed by atoms with Crippen molar-refractivity contribution in [3.8, 4) is 0 Å². The van der Waals surface area contributed by atoms with E-state index in [4.69, 9.17) is 22.5 Å². The normalized spacial score (nSPS) is 17.5. The fourth-order valence-electron chi connectivity index (χ4n) is 1.01. The van der Waals surface area contributed by atoms with E-state index in [1.807, 2.05) is 0 Å². The molecule has 0 fully saturated rings. The largest absolute Gasteiger partial charge is 0.572 e. The van der Waals surface area contributed by atoms with Crippen molar-refractivity contribution in [2.45, 2.75) is 26.3 Å². The van der Waals surface area contributed by atoms with E-state index in [2.05, 4.69) is 19.8 Å². The van der Waals surface area contributed by atoms with Crippen LogP contribution in [-0.2, 0) is 18.7 Å². The summed E-state index contributed by atoms with van der Waals surface area (Å²) >= 11 is 5.52. The van der Waals surface area contributed by atoms with Gasteiger partial charge in [-0.25, -0.2) is 9.32 Å². The number of hydrogen-bond donors (Lipinski definition) is 3.